The van der Waals surface area contributed by atoms with Crippen LogP contribution in [0, 0.1) is 11.3 Å². The first-order valence-electron chi connectivity index (χ1n) is 5.60. The summed E-state index contributed by atoms with van der Waals surface area (Å²) in [5, 5.41) is 20.4. The third-order valence-electron chi connectivity index (χ3n) is 2.43. The van der Waals surface area contributed by atoms with Crippen molar-refractivity contribution in [2.75, 3.05) is 5.32 Å². The van der Waals surface area contributed by atoms with Crippen molar-refractivity contribution in [2.45, 2.75) is 19.5 Å². The summed E-state index contributed by atoms with van der Waals surface area (Å²) in [6, 6.07) is 5.30. The monoisotopic (exact) mass is 284 g/mol. The molecule has 0 aliphatic carbocycles. The summed E-state index contributed by atoms with van der Waals surface area (Å²) in [6.45, 7) is 1.55. The minimum absolute atomic E-state index is 0.0969. The molecule has 0 fully saturated rings. The molecule has 0 aliphatic heterocycles. The number of nitrogens with zero attached hydrogens (tertiary/aromatic N) is 1. The standard InChI is InChI=1S/C13H11F3N2O2/c1-2-11(19)10(7-17)12(20)18-9-5-3-8(4-6-9)13(14,15)16/h3-6,19H,2H2,1H3,(H,18,20)/b11-10-. The normalized spacial score (nSPS) is 12.3. The van der Waals surface area contributed by atoms with Crippen LogP contribution in [-0.2, 0) is 11.0 Å². The van der Waals surface area contributed by atoms with E-state index in [0.29, 0.717) is 0 Å². The Morgan fingerprint density at radius 3 is 2.30 bits per heavy atom. The van der Waals surface area contributed by atoms with Gasteiger partial charge in [-0.05, 0) is 24.3 Å². The number of benzene rings is 1. The number of hydrogen-bond donors (Lipinski definition) is 2. The van der Waals surface area contributed by atoms with E-state index in [2.05, 4.69) is 5.32 Å². The van der Waals surface area contributed by atoms with Gasteiger partial charge in [-0.3, -0.25) is 4.79 Å². The molecule has 1 aromatic carbocycles. The lowest BCUT2D eigenvalue weighted by Gasteiger charge is -2.08. The number of rotatable bonds is 3. The highest BCUT2D eigenvalue weighted by molar-refractivity contribution is 6.06. The van der Waals surface area contributed by atoms with Crippen LogP contribution in [0.1, 0.15) is 18.9 Å². The summed E-state index contributed by atoms with van der Waals surface area (Å²) in [6.07, 6.45) is -4.36. The van der Waals surface area contributed by atoms with Crippen LogP contribution in [0.15, 0.2) is 35.6 Å². The van der Waals surface area contributed by atoms with Gasteiger partial charge in [-0.2, -0.15) is 18.4 Å². The number of nitrogens with one attached hydrogen (secondary N) is 1. The fraction of sp³-hybridized carbons (Fsp3) is 0.231. The molecule has 0 unspecified atom stereocenters. The SMILES string of the molecule is CC/C(O)=C(\C#N)C(=O)Nc1ccc(C(F)(F)F)cc1. The van der Waals surface area contributed by atoms with Crippen LogP contribution in [0.2, 0.25) is 0 Å². The fourth-order valence-electron chi connectivity index (χ4n) is 1.36. The number of amides is 1. The van der Waals surface area contributed by atoms with E-state index in [1.165, 1.54) is 0 Å². The molecular formula is C13H11F3N2O2. The lowest BCUT2D eigenvalue weighted by Crippen LogP contribution is -2.15. The topological polar surface area (TPSA) is 73.1 Å². The number of carbonyl (C=O) groups excluding carboxylic acids is 1. The molecule has 0 heterocycles. The average molecular weight is 284 g/mol. The Morgan fingerprint density at radius 2 is 1.90 bits per heavy atom. The van der Waals surface area contributed by atoms with Crippen molar-refractivity contribution in [3.8, 4) is 6.07 Å². The molecule has 7 heteroatoms. The molecule has 0 saturated carbocycles. The number of carbonyl (C=O) groups is 1. The maximum absolute atomic E-state index is 12.3. The molecule has 4 nitrogen and oxygen atoms in total. The van der Waals surface area contributed by atoms with E-state index >= 15 is 0 Å². The summed E-state index contributed by atoms with van der Waals surface area (Å²) in [4.78, 5) is 11.7. The van der Waals surface area contributed by atoms with Crippen LogP contribution in [-0.4, -0.2) is 11.0 Å². The van der Waals surface area contributed by atoms with Gasteiger partial charge in [-0.25, -0.2) is 0 Å². The van der Waals surface area contributed by atoms with E-state index in [4.69, 9.17) is 5.26 Å². The van der Waals surface area contributed by atoms with Crippen molar-refractivity contribution in [3.63, 3.8) is 0 Å². The molecule has 2 N–H and O–H groups in total. The molecule has 1 amide bonds. The summed E-state index contributed by atoms with van der Waals surface area (Å²) in [5.74, 6) is -1.25. The Labute approximate surface area is 113 Å². The van der Waals surface area contributed by atoms with Gasteiger partial charge in [0.2, 0.25) is 0 Å². The van der Waals surface area contributed by atoms with E-state index in [1.807, 2.05) is 0 Å². The first-order chi connectivity index (χ1) is 9.29. The van der Waals surface area contributed by atoms with E-state index < -0.39 is 23.2 Å². The van der Waals surface area contributed by atoms with Gasteiger partial charge in [-0.15, -0.1) is 0 Å². The molecule has 0 aromatic heterocycles. The van der Waals surface area contributed by atoms with Crippen LogP contribution in [0.3, 0.4) is 0 Å². The third-order valence-corrected chi connectivity index (χ3v) is 2.43. The van der Waals surface area contributed by atoms with Crippen molar-refractivity contribution in [2.24, 2.45) is 0 Å². The third kappa shape index (κ3) is 3.75. The number of aliphatic hydroxyl groups excluding tert-OH is 1. The zero-order valence-corrected chi connectivity index (χ0v) is 10.5. The number of alkyl halides is 3. The minimum atomic E-state index is -4.46. The van der Waals surface area contributed by atoms with E-state index in [-0.39, 0.29) is 17.9 Å². The summed E-state index contributed by atoms with van der Waals surface area (Å²) in [7, 11) is 0. The lowest BCUT2D eigenvalue weighted by molar-refractivity contribution is -0.137. The van der Waals surface area contributed by atoms with Crippen LogP contribution < -0.4 is 5.32 Å². The van der Waals surface area contributed by atoms with Crippen molar-refractivity contribution < 1.29 is 23.1 Å². The maximum atomic E-state index is 12.3. The summed E-state index contributed by atoms with van der Waals surface area (Å²) in [5.41, 5.74) is -1.21. The second kappa shape index (κ2) is 6.10. The average Bonchev–Trinajstić information content (AvgIpc) is 2.38. The van der Waals surface area contributed by atoms with Gasteiger partial charge in [0.15, 0.2) is 5.57 Å². The smallest absolute Gasteiger partial charge is 0.416 e. The van der Waals surface area contributed by atoms with Crippen molar-refractivity contribution in [1.82, 2.24) is 0 Å². The summed E-state index contributed by atoms with van der Waals surface area (Å²) >= 11 is 0. The highest BCUT2D eigenvalue weighted by atomic mass is 19.4. The number of allylic oxidation sites excluding steroid dienone is 1. The zero-order chi connectivity index (χ0) is 15.3. The van der Waals surface area contributed by atoms with Gasteiger partial charge in [0.25, 0.3) is 5.91 Å². The number of nitriles is 1. The number of hydrogen-bond acceptors (Lipinski definition) is 3. The Kier molecular flexibility index (Phi) is 4.75. The maximum Gasteiger partial charge on any atom is 0.416 e. The Morgan fingerprint density at radius 1 is 1.35 bits per heavy atom. The van der Waals surface area contributed by atoms with Crippen molar-refractivity contribution >= 4 is 11.6 Å². The molecule has 0 bridgehead atoms. The number of halogens is 3. The van der Waals surface area contributed by atoms with Crippen LogP contribution >= 0.6 is 0 Å². The number of aliphatic hydroxyl groups is 1. The molecule has 1 rings (SSSR count). The molecule has 106 valence electrons. The fourth-order valence-corrected chi connectivity index (χ4v) is 1.36. The molecule has 0 atom stereocenters. The Bertz CT molecular complexity index is 569. The molecule has 0 aliphatic rings. The molecule has 0 radical (unpaired) electrons. The van der Waals surface area contributed by atoms with E-state index in [9.17, 15) is 23.1 Å². The molecule has 0 spiro atoms. The van der Waals surface area contributed by atoms with Crippen LogP contribution in [0.25, 0.3) is 0 Å². The minimum Gasteiger partial charge on any atom is -0.511 e. The van der Waals surface area contributed by atoms with Gasteiger partial charge in [0, 0.05) is 12.1 Å². The zero-order valence-electron chi connectivity index (χ0n) is 10.5. The van der Waals surface area contributed by atoms with E-state index in [0.717, 1.165) is 24.3 Å². The largest absolute Gasteiger partial charge is 0.511 e. The first-order valence-corrected chi connectivity index (χ1v) is 5.60. The van der Waals surface area contributed by atoms with Crippen LogP contribution in [0.4, 0.5) is 18.9 Å². The molecule has 0 saturated heterocycles. The highest BCUT2D eigenvalue weighted by Crippen LogP contribution is 2.29. The second-order valence-electron chi connectivity index (χ2n) is 3.82. The molecule has 20 heavy (non-hydrogen) atoms. The van der Waals surface area contributed by atoms with Gasteiger partial charge >= 0.3 is 6.18 Å². The van der Waals surface area contributed by atoms with Crippen molar-refractivity contribution in [1.29, 1.82) is 5.26 Å². The molecular weight excluding hydrogens is 273 g/mol. The predicted octanol–water partition coefficient (Wildman–Crippen LogP) is 3.39. The van der Waals surface area contributed by atoms with Crippen LogP contribution in [0.5, 0.6) is 0 Å². The highest BCUT2D eigenvalue weighted by Gasteiger charge is 2.30. The Hall–Kier alpha value is -2.49. The van der Waals surface area contributed by atoms with Gasteiger partial charge < -0.3 is 10.4 Å². The first kappa shape index (κ1) is 15.6. The van der Waals surface area contributed by atoms with Gasteiger partial charge in [0.05, 0.1) is 5.56 Å². The Balaban J connectivity index is 2.90. The van der Waals surface area contributed by atoms with Gasteiger partial charge in [0.1, 0.15) is 11.8 Å². The summed E-state index contributed by atoms with van der Waals surface area (Å²) < 4.78 is 37.0. The van der Waals surface area contributed by atoms with Gasteiger partial charge in [-0.1, -0.05) is 6.92 Å². The predicted molar refractivity (Wildman–Crippen MR) is 65.6 cm³/mol. The molecule has 1 aromatic rings. The van der Waals surface area contributed by atoms with E-state index in [1.54, 1.807) is 13.0 Å². The lowest BCUT2D eigenvalue weighted by atomic mass is 10.1. The quantitative estimate of drug-likeness (QED) is 0.507. The second-order valence-corrected chi connectivity index (χ2v) is 3.82. The van der Waals surface area contributed by atoms with Crippen molar-refractivity contribution in [3.05, 3.63) is 41.2 Å². The number of anilines is 1.